The van der Waals surface area contributed by atoms with Crippen LogP contribution in [0.5, 0.6) is 0 Å². The van der Waals surface area contributed by atoms with Crippen LogP contribution in [-0.4, -0.2) is 17.0 Å². The molecule has 25 heavy (non-hydrogen) atoms. The fourth-order valence-electron chi connectivity index (χ4n) is 2.81. The summed E-state index contributed by atoms with van der Waals surface area (Å²) < 4.78 is 1.13. The summed E-state index contributed by atoms with van der Waals surface area (Å²) in [6.45, 7) is 2.48. The second-order valence-electron chi connectivity index (χ2n) is 5.84. The summed E-state index contributed by atoms with van der Waals surface area (Å²) in [7, 11) is 0. The third-order valence-corrected chi connectivity index (χ3v) is 5.27. The number of amides is 1. The van der Waals surface area contributed by atoms with Crippen molar-refractivity contribution in [3.05, 3.63) is 70.1 Å². The largest absolute Gasteiger partial charge is 0.478 e. The quantitative estimate of drug-likeness (QED) is 0.686. The molecule has 0 aliphatic carbocycles. The summed E-state index contributed by atoms with van der Waals surface area (Å²) in [5, 5.41) is 13.0. The molecule has 128 valence electrons. The van der Waals surface area contributed by atoms with E-state index in [-0.39, 0.29) is 11.5 Å². The first-order chi connectivity index (χ1) is 12.1. The topological polar surface area (TPSA) is 66.4 Å². The van der Waals surface area contributed by atoms with E-state index < -0.39 is 5.97 Å². The molecule has 0 saturated carbocycles. The van der Waals surface area contributed by atoms with E-state index in [0.29, 0.717) is 6.54 Å². The van der Waals surface area contributed by atoms with Crippen molar-refractivity contribution in [2.24, 2.45) is 0 Å². The zero-order chi connectivity index (χ0) is 17.8. The van der Waals surface area contributed by atoms with Gasteiger partial charge in [0.15, 0.2) is 0 Å². The minimum atomic E-state index is -0.954. The normalized spacial score (nSPS) is 10.8. The maximum absolute atomic E-state index is 12.7. The molecule has 0 unspecified atom stereocenters. The van der Waals surface area contributed by atoms with Crippen LogP contribution in [0, 0.1) is 0 Å². The molecule has 2 N–H and O–H groups in total. The van der Waals surface area contributed by atoms with Gasteiger partial charge in [-0.25, -0.2) is 4.79 Å². The van der Waals surface area contributed by atoms with Crippen LogP contribution in [0.1, 0.15) is 44.5 Å². The van der Waals surface area contributed by atoms with E-state index in [1.807, 2.05) is 18.2 Å². The lowest BCUT2D eigenvalue weighted by Gasteiger charge is -2.07. The van der Waals surface area contributed by atoms with E-state index >= 15 is 0 Å². The average molecular weight is 353 g/mol. The molecule has 0 radical (unpaired) electrons. The third-order valence-electron chi connectivity index (χ3n) is 4.06. The number of carbonyl (C=O) groups is 2. The number of benzene rings is 2. The zero-order valence-electron chi connectivity index (χ0n) is 13.9. The molecule has 4 nitrogen and oxygen atoms in total. The van der Waals surface area contributed by atoms with E-state index in [1.54, 1.807) is 24.3 Å². The van der Waals surface area contributed by atoms with Gasteiger partial charge >= 0.3 is 5.97 Å². The molecular weight excluding hydrogens is 334 g/mol. The summed E-state index contributed by atoms with van der Waals surface area (Å²) >= 11 is 1.52. The summed E-state index contributed by atoms with van der Waals surface area (Å²) in [5.74, 6) is -1.03. The Hall–Kier alpha value is -2.66. The molecule has 1 heterocycles. The van der Waals surface area contributed by atoms with E-state index in [1.165, 1.54) is 11.3 Å². The van der Waals surface area contributed by atoms with E-state index in [0.717, 1.165) is 38.9 Å². The number of nitrogens with one attached hydrogen (secondary N) is 1. The molecule has 0 aliphatic heterocycles. The van der Waals surface area contributed by atoms with Gasteiger partial charge in [-0.3, -0.25) is 4.79 Å². The third kappa shape index (κ3) is 3.72. The van der Waals surface area contributed by atoms with Crippen molar-refractivity contribution in [3.63, 3.8) is 0 Å². The van der Waals surface area contributed by atoms with Crippen molar-refractivity contribution in [2.75, 3.05) is 0 Å². The molecule has 0 saturated heterocycles. The van der Waals surface area contributed by atoms with Gasteiger partial charge in [-0.15, -0.1) is 11.3 Å². The van der Waals surface area contributed by atoms with Crippen LogP contribution in [0.4, 0.5) is 0 Å². The predicted octanol–water partition coefficient (Wildman–Crippen LogP) is 4.48. The number of aromatic carboxylic acids is 1. The monoisotopic (exact) mass is 353 g/mol. The van der Waals surface area contributed by atoms with Crippen LogP contribution in [0.2, 0.25) is 0 Å². The maximum atomic E-state index is 12.7. The van der Waals surface area contributed by atoms with Crippen LogP contribution in [-0.2, 0) is 13.0 Å². The number of rotatable bonds is 6. The number of fused-ring (bicyclic) bond motifs is 1. The van der Waals surface area contributed by atoms with Crippen molar-refractivity contribution < 1.29 is 14.7 Å². The van der Waals surface area contributed by atoms with Gasteiger partial charge in [0.25, 0.3) is 5.91 Å². The average Bonchev–Trinajstić information content (AvgIpc) is 2.99. The van der Waals surface area contributed by atoms with Crippen LogP contribution in [0.25, 0.3) is 10.1 Å². The first-order valence-corrected chi connectivity index (χ1v) is 9.02. The Bertz CT molecular complexity index is 912. The Labute approximate surface area is 150 Å². The Kier molecular flexibility index (Phi) is 5.14. The molecule has 2 aromatic carbocycles. The highest BCUT2D eigenvalue weighted by molar-refractivity contribution is 7.21. The van der Waals surface area contributed by atoms with Gasteiger partial charge in [0, 0.05) is 11.2 Å². The second-order valence-corrected chi connectivity index (χ2v) is 6.89. The van der Waals surface area contributed by atoms with Gasteiger partial charge < -0.3 is 10.4 Å². The standard InChI is InChI=1S/C20H19NO3S/c1-2-5-16-15-6-3-4-7-17(15)25-18(16)19(22)21-12-13-8-10-14(11-9-13)20(23)24/h3-4,6-11H,2,5,12H2,1H3,(H,21,22)(H,23,24). The number of thiophene rings is 1. The molecule has 1 aromatic heterocycles. The number of carbonyl (C=O) groups excluding carboxylic acids is 1. The van der Waals surface area contributed by atoms with Crippen molar-refractivity contribution in [2.45, 2.75) is 26.3 Å². The lowest BCUT2D eigenvalue weighted by atomic mass is 10.1. The highest BCUT2D eigenvalue weighted by Crippen LogP contribution is 2.32. The molecule has 0 aliphatic rings. The van der Waals surface area contributed by atoms with Crippen molar-refractivity contribution >= 4 is 33.3 Å². The first kappa shape index (κ1) is 17.2. The summed E-state index contributed by atoms with van der Waals surface area (Å²) in [4.78, 5) is 24.3. The summed E-state index contributed by atoms with van der Waals surface area (Å²) in [6.07, 6.45) is 1.86. The first-order valence-electron chi connectivity index (χ1n) is 8.21. The molecule has 0 atom stereocenters. The number of carboxylic acids is 1. The number of aryl methyl sites for hydroxylation is 1. The molecule has 0 spiro atoms. The predicted molar refractivity (Wildman–Crippen MR) is 100 cm³/mol. The lowest BCUT2D eigenvalue weighted by Crippen LogP contribution is -2.22. The minimum Gasteiger partial charge on any atom is -0.478 e. The van der Waals surface area contributed by atoms with Gasteiger partial charge in [0.1, 0.15) is 0 Å². The lowest BCUT2D eigenvalue weighted by molar-refractivity contribution is 0.0696. The zero-order valence-corrected chi connectivity index (χ0v) is 14.7. The molecular formula is C20H19NO3S. The van der Waals surface area contributed by atoms with Crippen molar-refractivity contribution in [1.29, 1.82) is 0 Å². The van der Waals surface area contributed by atoms with E-state index in [9.17, 15) is 9.59 Å². The van der Waals surface area contributed by atoms with E-state index in [2.05, 4.69) is 18.3 Å². The molecule has 3 rings (SSSR count). The van der Waals surface area contributed by atoms with Crippen molar-refractivity contribution in [3.8, 4) is 0 Å². The van der Waals surface area contributed by atoms with E-state index in [4.69, 9.17) is 5.11 Å². The van der Waals surface area contributed by atoms with Crippen LogP contribution < -0.4 is 5.32 Å². The Morgan fingerprint density at radius 2 is 1.80 bits per heavy atom. The van der Waals surface area contributed by atoms with Crippen LogP contribution >= 0.6 is 11.3 Å². The smallest absolute Gasteiger partial charge is 0.335 e. The number of hydrogen-bond acceptors (Lipinski definition) is 3. The number of carboxylic acid groups (broad SMARTS) is 1. The highest BCUT2D eigenvalue weighted by atomic mass is 32.1. The Morgan fingerprint density at radius 1 is 1.08 bits per heavy atom. The number of hydrogen-bond donors (Lipinski definition) is 2. The van der Waals surface area contributed by atoms with Gasteiger partial charge in [0.2, 0.25) is 0 Å². The minimum absolute atomic E-state index is 0.0769. The summed E-state index contributed by atoms with van der Waals surface area (Å²) in [6, 6.07) is 14.6. The fraction of sp³-hybridized carbons (Fsp3) is 0.200. The highest BCUT2D eigenvalue weighted by Gasteiger charge is 2.17. The van der Waals surface area contributed by atoms with Crippen LogP contribution in [0.15, 0.2) is 48.5 Å². The molecule has 1 amide bonds. The van der Waals surface area contributed by atoms with Gasteiger partial charge in [-0.1, -0.05) is 43.7 Å². The summed E-state index contributed by atoms with van der Waals surface area (Å²) in [5.41, 5.74) is 2.23. The second kappa shape index (κ2) is 7.49. The fourth-order valence-corrected chi connectivity index (χ4v) is 3.98. The maximum Gasteiger partial charge on any atom is 0.335 e. The van der Waals surface area contributed by atoms with Gasteiger partial charge in [-0.05, 0) is 41.1 Å². The van der Waals surface area contributed by atoms with Gasteiger partial charge in [0.05, 0.1) is 10.4 Å². The molecule has 3 aromatic rings. The Balaban J connectivity index is 1.78. The Morgan fingerprint density at radius 3 is 2.48 bits per heavy atom. The molecule has 0 fully saturated rings. The molecule has 0 bridgehead atoms. The SMILES string of the molecule is CCCc1c(C(=O)NCc2ccc(C(=O)O)cc2)sc2ccccc12. The van der Waals surface area contributed by atoms with Crippen molar-refractivity contribution in [1.82, 2.24) is 5.32 Å². The molecule has 5 heteroatoms. The van der Waals surface area contributed by atoms with Crippen LogP contribution in [0.3, 0.4) is 0 Å². The van der Waals surface area contributed by atoms with Gasteiger partial charge in [-0.2, -0.15) is 0 Å².